The Kier molecular flexibility index (Phi) is 3.16. The Morgan fingerprint density at radius 3 is 2.55 bits per heavy atom. The molecule has 2 heterocycles. The summed E-state index contributed by atoms with van der Waals surface area (Å²) in [4.78, 5) is 24.0. The summed E-state index contributed by atoms with van der Waals surface area (Å²) < 4.78 is 2.79. The average molecular weight is 267 g/mol. The molecule has 0 aliphatic rings. The van der Waals surface area contributed by atoms with Gasteiger partial charge in [-0.1, -0.05) is 36.4 Å². The molecule has 100 valence electrons. The van der Waals surface area contributed by atoms with E-state index in [2.05, 4.69) is 5.10 Å². The minimum atomic E-state index is -0.221. The highest BCUT2D eigenvalue weighted by Gasteiger charge is 2.09. The zero-order valence-corrected chi connectivity index (χ0v) is 10.8. The molecule has 0 aliphatic heterocycles. The molecule has 0 radical (unpaired) electrons. The summed E-state index contributed by atoms with van der Waals surface area (Å²) in [6.45, 7) is 0.286. The Bertz CT molecular complexity index is 803. The van der Waals surface area contributed by atoms with E-state index in [0.717, 1.165) is 0 Å². The third-order valence-corrected chi connectivity index (χ3v) is 3.13. The summed E-state index contributed by atoms with van der Waals surface area (Å²) in [6.07, 6.45) is 1.92. The SMILES string of the molecule is O=C(CCn1nc2ccccn2c1=O)c1ccccc1. The first-order chi connectivity index (χ1) is 9.75. The van der Waals surface area contributed by atoms with Crippen molar-refractivity contribution in [3.05, 3.63) is 70.8 Å². The molecular formula is C15H13N3O2. The van der Waals surface area contributed by atoms with E-state index >= 15 is 0 Å². The van der Waals surface area contributed by atoms with E-state index in [4.69, 9.17) is 0 Å². The van der Waals surface area contributed by atoms with Crippen molar-refractivity contribution < 1.29 is 4.79 Å². The molecule has 0 spiro atoms. The summed E-state index contributed by atoms with van der Waals surface area (Å²) in [5, 5.41) is 4.19. The van der Waals surface area contributed by atoms with Gasteiger partial charge in [-0.3, -0.25) is 9.20 Å². The predicted octanol–water partition coefficient (Wildman–Crippen LogP) is 1.77. The lowest BCUT2D eigenvalue weighted by molar-refractivity contribution is 0.0975. The van der Waals surface area contributed by atoms with Crippen molar-refractivity contribution in [2.45, 2.75) is 13.0 Å². The van der Waals surface area contributed by atoms with Gasteiger partial charge in [0, 0.05) is 18.2 Å². The predicted molar refractivity (Wildman–Crippen MR) is 74.8 cm³/mol. The van der Waals surface area contributed by atoms with Crippen LogP contribution in [-0.4, -0.2) is 20.0 Å². The van der Waals surface area contributed by atoms with Gasteiger partial charge in [-0.15, -0.1) is 5.10 Å². The van der Waals surface area contributed by atoms with Gasteiger partial charge in [0.2, 0.25) is 0 Å². The monoisotopic (exact) mass is 267 g/mol. The maximum absolute atomic E-state index is 12.0. The number of carbonyl (C=O) groups is 1. The third kappa shape index (κ3) is 2.25. The van der Waals surface area contributed by atoms with Crippen LogP contribution in [0.2, 0.25) is 0 Å². The first-order valence-electron chi connectivity index (χ1n) is 6.38. The second-order valence-corrected chi connectivity index (χ2v) is 4.47. The van der Waals surface area contributed by atoms with Crippen LogP contribution in [0.1, 0.15) is 16.8 Å². The van der Waals surface area contributed by atoms with Gasteiger partial charge in [0.05, 0.1) is 6.54 Å². The van der Waals surface area contributed by atoms with Gasteiger partial charge in [0.25, 0.3) is 0 Å². The molecule has 0 fully saturated rings. The lowest BCUT2D eigenvalue weighted by Gasteiger charge is -2.00. The van der Waals surface area contributed by atoms with Crippen molar-refractivity contribution in [3.63, 3.8) is 0 Å². The molecule has 3 aromatic rings. The Labute approximate surface area is 115 Å². The van der Waals surface area contributed by atoms with Gasteiger partial charge < -0.3 is 0 Å². The normalized spacial score (nSPS) is 10.8. The van der Waals surface area contributed by atoms with E-state index < -0.39 is 0 Å². The minimum absolute atomic E-state index is 0.00885. The van der Waals surface area contributed by atoms with E-state index in [1.165, 1.54) is 9.08 Å². The first-order valence-corrected chi connectivity index (χ1v) is 6.38. The fourth-order valence-corrected chi connectivity index (χ4v) is 2.09. The van der Waals surface area contributed by atoms with E-state index in [1.807, 2.05) is 24.3 Å². The van der Waals surface area contributed by atoms with E-state index in [0.29, 0.717) is 11.2 Å². The molecule has 0 saturated carbocycles. The standard InChI is InChI=1S/C15H13N3O2/c19-13(12-6-2-1-3-7-12)9-11-18-15(20)17-10-5-4-8-14(17)16-18/h1-8,10H,9,11H2. The number of fused-ring (bicyclic) bond motifs is 1. The maximum atomic E-state index is 12.0. The van der Waals surface area contributed by atoms with Crippen molar-refractivity contribution in [2.75, 3.05) is 0 Å². The van der Waals surface area contributed by atoms with E-state index in [1.54, 1.807) is 30.5 Å². The maximum Gasteiger partial charge on any atom is 0.350 e. The Hall–Kier alpha value is -2.69. The number of hydrogen-bond donors (Lipinski definition) is 0. The number of aromatic nitrogens is 3. The molecule has 0 saturated heterocycles. The number of Topliss-reactive ketones (excluding diaryl/α,β-unsaturated/α-hetero) is 1. The number of benzene rings is 1. The first kappa shape index (κ1) is 12.3. The highest BCUT2D eigenvalue weighted by Crippen LogP contribution is 2.04. The zero-order valence-electron chi connectivity index (χ0n) is 10.8. The Balaban J connectivity index is 1.79. The molecular weight excluding hydrogens is 254 g/mol. The quantitative estimate of drug-likeness (QED) is 0.677. The van der Waals surface area contributed by atoms with E-state index in [-0.39, 0.29) is 24.4 Å². The van der Waals surface area contributed by atoms with Gasteiger partial charge in [0.15, 0.2) is 11.4 Å². The second-order valence-electron chi connectivity index (χ2n) is 4.47. The number of hydrogen-bond acceptors (Lipinski definition) is 3. The highest BCUT2D eigenvalue weighted by molar-refractivity contribution is 5.95. The van der Waals surface area contributed by atoms with Crippen molar-refractivity contribution in [2.24, 2.45) is 0 Å². The Morgan fingerprint density at radius 2 is 1.80 bits per heavy atom. The van der Waals surface area contributed by atoms with Crippen LogP contribution in [0.5, 0.6) is 0 Å². The van der Waals surface area contributed by atoms with Crippen LogP contribution >= 0.6 is 0 Å². The average Bonchev–Trinajstić information content (AvgIpc) is 2.83. The van der Waals surface area contributed by atoms with Gasteiger partial charge in [0.1, 0.15) is 0 Å². The third-order valence-electron chi connectivity index (χ3n) is 3.13. The van der Waals surface area contributed by atoms with Crippen LogP contribution in [0.3, 0.4) is 0 Å². The highest BCUT2D eigenvalue weighted by atomic mass is 16.2. The van der Waals surface area contributed by atoms with Crippen molar-refractivity contribution in [3.8, 4) is 0 Å². The van der Waals surface area contributed by atoms with Crippen LogP contribution in [0.15, 0.2) is 59.5 Å². The summed E-state index contributed by atoms with van der Waals surface area (Å²) in [5.74, 6) is 0.00885. The number of aryl methyl sites for hydroxylation is 1. The topological polar surface area (TPSA) is 56.4 Å². The molecule has 5 nitrogen and oxygen atoms in total. The largest absolute Gasteiger partial charge is 0.350 e. The van der Waals surface area contributed by atoms with Crippen LogP contribution in [0.4, 0.5) is 0 Å². The molecule has 20 heavy (non-hydrogen) atoms. The fraction of sp³-hybridized carbons (Fsp3) is 0.133. The fourth-order valence-electron chi connectivity index (χ4n) is 2.09. The Morgan fingerprint density at radius 1 is 1.05 bits per heavy atom. The molecule has 5 heteroatoms. The minimum Gasteiger partial charge on any atom is -0.294 e. The van der Waals surface area contributed by atoms with Crippen LogP contribution in [-0.2, 0) is 6.54 Å². The number of carbonyl (C=O) groups excluding carboxylic acids is 1. The van der Waals surface area contributed by atoms with Crippen LogP contribution in [0.25, 0.3) is 5.65 Å². The number of ketones is 1. The number of pyridine rings is 1. The molecule has 0 bridgehead atoms. The second kappa shape index (κ2) is 5.13. The smallest absolute Gasteiger partial charge is 0.294 e. The lowest BCUT2D eigenvalue weighted by Crippen LogP contribution is -2.22. The van der Waals surface area contributed by atoms with Crippen LogP contribution in [0, 0.1) is 0 Å². The summed E-state index contributed by atoms with van der Waals surface area (Å²) in [5.41, 5.74) is 1.02. The summed E-state index contributed by atoms with van der Waals surface area (Å²) >= 11 is 0. The van der Waals surface area contributed by atoms with Crippen molar-refractivity contribution in [1.82, 2.24) is 14.2 Å². The van der Waals surface area contributed by atoms with Gasteiger partial charge in [-0.05, 0) is 12.1 Å². The molecule has 1 aromatic carbocycles. The zero-order chi connectivity index (χ0) is 13.9. The molecule has 3 rings (SSSR count). The molecule has 0 amide bonds. The molecule has 2 aromatic heterocycles. The van der Waals surface area contributed by atoms with Crippen molar-refractivity contribution >= 4 is 11.4 Å². The summed E-state index contributed by atoms with van der Waals surface area (Å²) in [7, 11) is 0. The number of rotatable bonds is 4. The van der Waals surface area contributed by atoms with E-state index in [9.17, 15) is 9.59 Å². The molecule has 0 aliphatic carbocycles. The van der Waals surface area contributed by atoms with Crippen molar-refractivity contribution in [1.29, 1.82) is 0 Å². The lowest BCUT2D eigenvalue weighted by atomic mass is 10.1. The van der Waals surface area contributed by atoms with Gasteiger partial charge in [-0.25, -0.2) is 9.48 Å². The van der Waals surface area contributed by atoms with Crippen LogP contribution < -0.4 is 5.69 Å². The molecule has 0 atom stereocenters. The number of nitrogens with zero attached hydrogens (tertiary/aromatic N) is 3. The summed E-state index contributed by atoms with van der Waals surface area (Å²) in [6, 6.07) is 14.4. The molecule has 0 unspecified atom stereocenters. The van der Waals surface area contributed by atoms with Gasteiger partial charge >= 0.3 is 5.69 Å². The van der Waals surface area contributed by atoms with Gasteiger partial charge in [-0.2, -0.15) is 0 Å². The molecule has 0 N–H and O–H groups in total.